The van der Waals surface area contributed by atoms with Crippen molar-refractivity contribution in [1.29, 1.82) is 5.26 Å². The largest absolute Gasteiger partial charge is 0.378 e. The molecule has 0 spiro atoms. The summed E-state index contributed by atoms with van der Waals surface area (Å²) in [6, 6.07) is 15.1. The Balaban J connectivity index is 2.18. The highest BCUT2D eigenvalue weighted by Crippen LogP contribution is 2.27. The molecule has 0 saturated carbocycles. The number of halogens is 2. The van der Waals surface area contributed by atoms with Gasteiger partial charge in [0.1, 0.15) is 0 Å². The SMILES string of the molecule is CC(Nc1ccc(Cl)c(Cl)c1)c1cccc(C#N)c1. The minimum Gasteiger partial charge on any atom is -0.378 e. The van der Waals surface area contributed by atoms with Crippen molar-refractivity contribution in [1.82, 2.24) is 0 Å². The molecule has 0 saturated heterocycles. The van der Waals surface area contributed by atoms with Crippen LogP contribution in [-0.2, 0) is 0 Å². The average molecular weight is 291 g/mol. The van der Waals surface area contributed by atoms with Crippen LogP contribution in [0.1, 0.15) is 24.1 Å². The molecule has 96 valence electrons. The second kappa shape index (κ2) is 5.97. The Hall–Kier alpha value is -1.69. The van der Waals surface area contributed by atoms with Crippen LogP contribution < -0.4 is 5.32 Å². The van der Waals surface area contributed by atoms with Gasteiger partial charge in [0.25, 0.3) is 0 Å². The number of hydrogen-bond acceptors (Lipinski definition) is 2. The van der Waals surface area contributed by atoms with Gasteiger partial charge >= 0.3 is 0 Å². The first-order chi connectivity index (χ1) is 9.10. The maximum atomic E-state index is 8.90. The number of rotatable bonds is 3. The van der Waals surface area contributed by atoms with Crippen LogP contribution in [-0.4, -0.2) is 0 Å². The second-order valence-corrected chi connectivity index (χ2v) is 5.05. The standard InChI is InChI=1S/C15H12Cl2N2/c1-10(12-4-2-3-11(7-12)9-18)19-13-5-6-14(16)15(17)8-13/h2-8,10,19H,1H3. The van der Waals surface area contributed by atoms with Crippen molar-refractivity contribution in [3.8, 4) is 6.07 Å². The average Bonchev–Trinajstić information content (AvgIpc) is 2.43. The summed E-state index contributed by atoms with van der Waals surface area (Å²) in [4.78, 5) is 0. The van der Waals surface area contributed by atoms with Crippen LogP contribution in [0.4, 0.5) is 5.69 Å². The van der Waals surface area contributed by atoms with Crippen molar-refractivity contribution < 1.29 is 0 Å². The molecule has 1 N–H and O–H groups in total. The summed E-state index contributed by atoms with van der Waals surface area (Å²) in [6.45, 7) is 2.03. The summed E-state index contributed by atoms with van der Waals surface area (Å²) >= 11 is 11.9. The first-order valence-electron chi connectivity index (χ1n) is 5.82. The van der Waals surface area contributed by atoms with E-state index in [0.29, 0.717) is 15.6 Å². The zero-order valence-electron chi connectivity index (χ0n) is 10.3. The van der Waals surface area contributed by atoms with Crippen LogP contribution in [0.15, 0.2) is 42.5 Å². The second-order valence-electron chi connectivity index (χ2n) is 4.23. The quantitative estimate of drug-likeness (QED) is 0.860. The molecule has 0 aromatic heterocycles. The van der Waals surface area contributed by atoms with Crippen molar-refractivity contribution in [2.75, 3.05) is 5.32 Å². The molecule has 0 heterocycles. The summed E-state index contributed by atoms with van der Waals surface area (Å²) in [5, 5.41) is 13.3. The minimum absolute atomic E-state index is 0.0746. The molecule has 0 amide bonds. The molecule has 0 aliphatic carbocycles. The van der Waals surface area contributed by atoms with Crippen LogP contribution >= 0.6 is 23.2 Å². The van der Waals surface area contributed by atoms with E-state index in [1.165, 1.54) is 0 Å². The van der Waals surface area contributed by atoms with Gasteiger partial charge in [0.15, 0.2) is 0 Å². The van der Waals surface area contributed by atoms with Crippen molar-refractivity contribution in [2.24, 2.45) is 0 Å². The first-order valence-corrected chi connectivity index (χ1v) is 6.57. The third kappa shape index (κ3) is 3.41. The van der Waals surface area contributed by atoms with E-state index in [-0.39, 0.29) is 6.04 Å². The van der Waals surface area contributed by atoms with E-state index in [0.717, 1.165) is 11.3 Å². The first kappa shape index (κ1) is 13.7. The molecule has 0 radical (unpaired) electrons. The fourth-order valence-electron chi connectivity index (χ4n) is 1.80. The van der Waals surface area contributed by atoms with Crippen molar-refractivity contribution in [3.05, 3.63) is 63.6 Å². The van der Waals surface area contributed by atoms with E-state index in [2.05, 4.69) is 11.4 Å². The molecule has 0 fully saturated rings. The fraction of sp³-hybridized carbons (Fsp3) is 0.133. The Bertz CT molecular complexity index is 632. The van der Waals surface area contributed by atoms with Gasteiger partial charge in [0.05, 0.1) is 21.7 Å². The number of nitriles is 1. The highest BCUT2D eigenvalue weighted by Gasteiger charge is 2.07. The lowest BCUT2D eigenvalue weighted by Crippen LogP contribution is -2.06. The summed E-state index contributed by atoms with van der Waals surface area (Å²) in [5.41, 5.74) is 2.59. The molecule has 0 aliphatic heterocycles. The lowest BCUT2D eigenvalue weighted by molar-refractivity contribution is 0.884. The van der Waals surface area contributed by atoms with Gasteiger partial charge in [-0.3, -0.25) is 0 Å². The Morgan fingerprint density at radius 1 is 1.11 bits per heavy atom. The molecule has 4 heteroatoms. The van der Waals surface area contributed by atoms with Gasteiger partial charge in [-0.1, -0.05) is 35.3 Å². The van der Waals surface area contributed by atoms with Crippen LogP contribution in [0.5, 0.6) is 0 Å². The minimum atomic E-state index is 0.0746. The van der Waals surface area contributed by atoms with E-state index in [1.54, 1.807) is 18.2 Å². The monoisotopic (exact) mass is 290 g/mol. The number of benzene rings is 2. The predicted octanol–water partition coefficient (Wildman–Crippen LogP) is 5.04. The Kier molecular flexibility index (Phi) is 4.31. The molecular weight excluding hydrogens is 279 g/mol. The molecule has 19 heavy (non-hydrogen) atoms. The molecule has 1 atom stereocenters. The van der Waals surface area contributed by atoms with E-state index in [1.807, 2.05) is 31.2 Å². The molecule has 0 bridgehead atoms. The molecule has 2 rings (SSSR count). The Labute approximate surface area is 122 Å². The third-order valence-corrected chi connectivity index (χ3v) is 3.56. The molecular formula is C15H12Cl2N2. The van der Waals surface area contributed by atoms with E-state index in [9.17, 15) is 0 Å². The molecule has 2 nitrogen and oxygen atoms in total. The number of nitrogens with one attached hydrogen (secondary N) is 1. The summed E-state index contributed by atoms with van der Waals surface area (Å²) in [7, 11) is 0. The Morgan fingerprint density at radius 2 is 1.89 bits per heavy atom. The van der Waals surface area contributed by atoms with E-state index < -0.39 is 0 Å². The Morgan fingerprint density at radius 3 is 2.58 bits per heavy atom. The molecule has 0 aliphatic rings. The van der Waals surface area contributed by atoms with Crippen LogP contribution in [0.2, 0.25) is 10.0 Å². The van der Waals surface area contributed by atoms with Crippen molar-refractivity contribution in [2.45, 2.75) is 13.0 Å². The number of anilines is 1. The van der Waals surface area contributed by atoms with E-state index >= 15 is 0 Å². The summed E-state index contributed by atoms with van der Waals surface area (Å²) in [6.07, 6.45) is 0. The van der Waals surface area contributed by atoms with Gasteiger partial charge in [0, 0.05) is 11.7 Å². The van der Waals surface area contributed by atoms with Gasteiger partial charge in [-0.15, -0.1) is 0 Å². The summed E-state index contributed by atoms with van der Waals surface area (Å²) < 4.78 is 0. The summed E-state index contributed by atoms with van der Waals surface area (Å²) in [5.74, 6) is 0. The molecule has 2 aromatic rings. The van der Waals surface area contributed by atoms with Crippen molar-refractivity contribution in [3.63, 3.8) is 0 Å². The van der Waals surface area contributed by atoms with Crippen LogP contribution in [0, 0.1) is 11.3 Å². The van der Waals surface area contributed by atoms with Gasteiger partial charge < -0.3 is 5.32 Å². The normalized spacial score (nSPS) is 11.7. The van der Waals surface area contributed by atoms with Crippen molar-refractivity contribution >= 4 is 28.9 Å². The van der Waals surface area contributed by atoms with Crippen LogP contribution in [0.25, 0.3) is 0 Å². The van der Waals surface area contributed by atoms with Crippen LogP contribution in [0.3, 0.4) is 0 Å². The highest BCUT2D eigenvalue weighted by atomic mass is 35.5. The zero-order chi connectivity index (χ0) is 13.8. The molecule has 1 unspecified atom stereocenters. The van der Waals surface area contributed by atoms with Gasteiger partial charge in [0.2, 0.25) is 0 Å². The smallest absolute Gasteiger partial charge is 0.0991 e. The number of hydrogen-bond donors (Lipinski definition) is 1. The fourth-order valence-corrected chi connectivity index (χ4v) is 2.09. The van der Waals surface area contributed by atoms with E-state index in [4.69, 9.17) is 28.5 Å². The highest BCUT2D eigenvalue weighted by molar-refractivity contribution is 6.42. The predicted molar refractivity (Wildman–Crippen MR) is 79.7 cm³/mol. The van der Waals surface area contributed by atoms with Gasteiger partial charge in [-0.05, 0) is 42.8 Å². The topological polar surface area (TPSA) is 35.8 Å². The molecule has 2 aromatic carbocycles. The lowest BCUT2D eigenvalue weighted by atomic mass is 10.1. The lowest BCUT2D eigenvalue weighted by Gasteiger charge is -2.16. The van der Waals surface area contributed by atoms with Gasteiger partial charge in [-0.2, -0.15) is 5.26 Å². The maximum Gasteiger partial charge on any atom is 0.0991 e. The third-order valence-electron chi connectivity index (χ3n) is 2.82. The maximum absolute atomic E-state index is 8.90. The number of nitrogens with zero attached hydrogens (tertiary/aromatic N) is 1. The zero-order valence-corrected chi connectivity index (χ0v) is 11.8. The van der Waals surface area contributed by atoms with Gasteiger partial charge in [-0.25, -0.2) is 0 Å².